The van der Waals surface area contributed by atoms with Crippen LogP contribution < -0.4 is 0 Å². The molecule has 0 radical (unpaired) electrons. The van der Waals surface area contributed by atoms with Crippen LogP contribution >= 0.6 is 0 Å². The zero-order valence-electron chi connectivity index (χ0n) is 8.44. The molecule has 1 unspecified atom stereocenters. The summed E-state index contributed by atoms with van der Waals surface area (Å²) in [4.78, 5) is 18.7. The summed E-state index contributed by atoms with van der Waals surface area (Å²) >= 11 is 0. The van der Waals surface area contributed by atoms with Crippen LogP contribution in [0.2, 0.25) is 0 Å². The van der Waals surface area contributed by atoms with Crippen molar-refractivity contribution in [1.29, 1.82) is 0 Å². The molecule has 0 aliphatic rings. The average Bonchev–Trinajstić information content (AvgIpc) is 2.14. The highest BCUT2D eigenvalue weighted by molar-refractivity contribution is 5.55. The summed E-state index contributed by atoms with van der Waals surface area (Å²) < 4.78 is 0. The van der Waals surface area contributed by atoms with E-state index in [4.69, 9.17) is 10.2 Å². The summed E-state index contributed by atoms with van der Waals surface area (Å²) in [5, 5.41) is 16.9. The lowest BCUT2D eigenvalue weighted by molar-refractivity contribution is -0.286. The van der Waals surface area contributed by atoms with E-state index in [0.29, 0.717) is 12.8 Å². The minimum Gasteiger partial charge on any atom is -0.448 e. The molecule has 84 valence electrons. The third-order valence-corrected chi connectivity index (χ3v) is 1.84. The summed E-state index contributed by atoms with van der Waals surface area (Å²) in [6.07, 6.45) is 2.43. The van der Waals surface area contributed by atoms with Crippen molar-refractivity contribution in [1.82, 2.24) is 0 Å². The number of rotatable bonds is 8. The number of unbranched alkanes of at least 4 members (excludes halogenated alkanes) is 2. The normalized spacial score (nSPS) is 12.4. The SMILES string of the molecule is CCCCCC(CCO)OOC(=O)O. The van der Waals surface area contributed by atoms with Gasteiger partial charge in [-0.3, -0.25) is 4.89 Å². The standard InChI is InChI=1S/C9H18O5/c1-2-3-4-5-8(6-7-10)13-14-9(11)12/h8,10H,2-7H2,1H3,(H,11,12). The third kappa shape index (κ3) is 7.82. The van der Waals surface area contributed by atoms with Crippen molar-refractivity contribution in [2.24, 2.45) is 0 Å². The third-order valence-electron chi connectivity index (χ3n) is 1.84. The Labute approximate surface area is 83.6 Å². The molecule has 0 rings (SSSR count). The second-order valence-corrected chi connectivity index (χ2v) is 3.08. The molecule has 0 aliphatic carbocycles. The fraction of sp³-hybridized carbons (Fsp3) is 0.889. The van der Waals surface area contributed by atoms with Crippen LogP contribution in [0.15, 0.2) is 0 Å². The molecule has 0 aromatic carbocycles. The van der Waals surface area contributed by atoms with E-state index in [9.17, 15) is 4.79 Å². The number of hydrogen-bond donors (Lipinski definition) is 2. The van der Waals surface area contributed by atoms with Gasteiger partial charge in [0.15, 0.2) is 0 Å². The highest BCUT2D eigenvalue weighted by atomic mass is 17.2. The highest BCUT2D eigenvalue weighted by Crippen LogP contribution is 2.10. The van der Waals surface area contributed by atoms with Gasteiger partial charge in [-0.2, -0.15) is 4.89 Å². The molecule has 0 aromatic rings. The van der Waals surface area contributed by atoms with Crippen molar-refractivity contribution in [3.63, 3.8) is 0 Å². The van der Waals surface area contributed by atoms with Gasteiger partial charge in [-0.1, -0.05) is 26.2 Å². The smallest absolute Gasteiger partial charge is 0.448 e. The quantitative estimate of drug-likeness (QED) is 0.360. The van der Waals surface area contributed by atoms with Crippen LogP contribution in [-0.2, 0) is 9.78 Å². The van der Waals surface area contributed by atoms with E-state index in [1.165, 1.54) is 0 Å². The van der Waals surface area contributed by atoms with Gasteiger partial charge in [0.25, 0.3) is 0 Å². The first kappa shape index (κ1) is 13.2. The Kier molecular flexibility index (Phi) is 8.27. The van der Waals surface area contributed by atoms with Crippen molar-refractivity contribution in [2.75, 3.05) is 6.61 Å². The van der Waals surface area contributed by atoms with Gasteiger partial charge < -0.3 is 10.2 Å². The van der Waals surface area contributed by atoms with Gasteiger partial charge in [-0.15, -0.1) is 0 Å². The van der Waals surface area contributed by atoms with Crippen molar-refractivity contribution in [2.45, 2.75) is 45.1 Å². The second-order valence-electron chi connectivity index (χ2n) is 3.08. The molecule has 0 saturated carbocycles. The molecule has 14 heavy (non-hydrogen) atoms. The zero-order chi connectivity index (χ0) is 10.8. The maximum Gasteiger partial charge on any atom is 0.537 e. The molecule has 2 N–H and O–H groups in total. The lowest BCUT2D eigenvalue weighted by atomic mass is 10.1. The summed E-state index contributed by atoms with van der Waals surface area (Å²) in [5.74, 6) is 0. The van der Waals surface area contributed by atoms with E-state index < -0.39 is 6.16 Å². The van der Waals surface area contributed by atoms with Crippen LogP contribution in [0.1, 0.15) is 39.0 Å². The molecule has 1 atom stereocenters. The lowest BCUT2D eigenvalue weighted by Crippen LogP contribution is -2.17. The van der Waals surface area contributed by atoms with Crippen LogP contribution in [0, 0.1) is 0 Å². The van der Waals surface area contributed by atoms with Gasteiger partial charge in [-0.05, 0) is 6.42 Å². The van der Waals surface area contributed by atoms with Gasteiger partial charge >= 0.3 is 6.16 Å². The van der Waals surface area contributed by atoms with E-state index in [1.54, 1.807) is 0 Å². The molecule has 0 saturated heterocycles. The highest BCUT2D eigenvalue weighted by Gasteiger charge is 2.11. The fourth-order valence-electron chi connectivity index (χ4n) is 1.12. The maximum absolute atomic E-state index is 10.0. The first-order valence-electron chi connectivity index (χ1n) is 4.87. The number of carboxylic acid groups (broad SMARTS) is 1. The van der Waals surface area contributed by atoms with E-state index >= 15 is 0 Å². The van der Waals surface area contributed by atoms with Gasteiger partial charge in [0.05, 0.1) is 0 Å². The molecule has 0 bridgehead atoms. The maximum atomic E-state index is 10.0. The zero-order valence-corrected chi connectivity index (χ0v) is 8.44. The van der Waals surface area contributed by atoms with Crippen molar-refractivity contribution in [3.05, 3.63) is 0 Å². The molecule has 0 fully saturated rings. The van der Waals surface area contributed by atoms with Crippen LogP contribution in [-0.4, -0.2) is 29.1 Å². The molecule has 0 heterocycles. The van der Waals surface area contributed by atoms with Crippen molar-refractivity contribution in [3.8, 4) is 0 Å². The Morgan fingerprint density at radius 2 is 2.07 bits per heavy atom. The Morgan fingerprint density at radius 3 is 2.57 bits per heavy atom. The summed E-state index contributed by atoms with van der Waals surface area (Å²) in [6, 6.07) is 0. The Hall–Kier alpha value is -0.810. The van der Waals surface area contributed by atoms with E-state index in [2.05, 4.69) is 16.7 Å². The van der Waals surface area contributed by atoms with Crippen molar-refractivity contribution >= 4 is 6.16 Å². The minimum atomic E-state index is -1.46. The Morgan fingerprint density at radius 1 is 1.36 bits per heavy atom. The molecule has 0 amide bonds. The van der Waals surface area contributed by atoms with Crippen LogP contribution in [0.4, 0.5) is 4.79 Å². The van der Waals surface area contributed by atoms with Crippen LogP contribution in [0.3, 0.4) is 0 Å². The van der Waals surface area contributed by atoms with Gasteiger partial charge in [0, 0.05) is 13.0 Å². The van der Waals surface area contributed by atoms with E-state index in [1.807, 2.05) is 0 Å². The van der Waals surface area contributed by atoms with Crippen LogP contribution in [0.5, 0.6) is 0 Å². The van der Waals surface area contributed by atoms with Gasteiger partial charge in [0.2, 0.25) is 0 Å². The first-order chi connectivity index (χ1) is 6.70. The molecule has 5 heteroatoms. The predicted octanol–water partition coefficient (Wildman–Crippen LogP) is 1.94. The van der Waals surface area contributed by atoms with Gasteiger partial charge in [0.1, 0.15) is 6.10 Å². The van der Waals surface area contributed by atoms with E-state index in [0.717, 1.165) is 19.3 Å². The summed E-state index contributed by atoms with van der Waals surface area (Å²) in [7, 11) is 0. The van der Waals surface area contributed by atoms with Gasteiger partial charge in [-0.25, -0.2) is 4.79 Å². The number of hydrogen-bond acceptors (Lipinski definition) is 4. The van der Waals surface area contributed by atoms with Crippen LogP contribution in [0.25, 0.3) is 0 Å². The molecule has 5 nitrogen and oxygen atoms in total. The molecule has 0 aromatic heterocycles. The minimum absolute atomic E-state index is 0.0280. The largest absolute Gasteiger partial charge is 0.537 e. The molecular weight excluding hydrogens is 188 g/mol. The van der Waals surface area contributed by atoms with Crippen molar-refractivity contribution < 1.29 is 24.8 Å². The monoisotopic (exact) mass is 206 g/mol. The second kappa shape index (κ2) is 8.77. The summed E-state index contributed by atoms with van der Waals surface area (Å²) in [6.45, 7) is 2.05. The van der Waals surface area contributed by atoms with E-state index in [-0.39, 0.29) is 12.7 Å². The number of aliphatic hydroxyl groups excluding tert-OH is 1. The topological polar surface area (TPSA) is 76.0 Å². The lowest BCUT2D eigenvalue weighted by Gasteiger charge is -2.13. The average molecular weight is 206 g/mol. The number of carbonyl (C=O) groups is 1. The molecular formula is C9H18O5. The Bertz CT molecular complexity index is 148. The Balaban J connectivity index is 3.59. The summed E-state index contributed by atoms with van der Waals surface area (Å²) in [5.41, 5.74) is 0. The number of aliphatic hydroxyl groups is 1. The predicted molar refractivity (Wildman–Crippen MR) is 49.8 cm³/mol. The first-order valence-corrected chi connectivity index (χ1v) is 4.87. The molecule has 0 aliphatic heterocycles. The fourth-order valence-corrected chi connectivity index (χ4v) is 1.12. The molecule has 0 spiro atoms.